The number of aliphatic hydroxyl groups is 1. The van der Waals surface area contributed by atoms with Crippen molar-refractivity contribution in [3.8, 4) is 23.0 Å². The Morgan fingerprint density at radius 3 is 2.36 bits per heavy atom. The second kappa shape index (κ2) is 14.4. The average molecular weight is 647 g/mol. The third kappa shape index (κ3) is 7.48. The maximum Gasteiger partial charge on any atom is 0.306 e. The average Bonchev–Trinajstić information content (AvgIpc) is 3.63. The van der Waals surface area contributed by atoms with E-state index >= 15 is 4.39 Å². The smallest absolute Gasteiger partial charge is 0.306 e. The fourth-order valence-electron chi connectivity index (χ4n) is 4.51. The van der Waals surface area contributed by atoms with Crippen LogP contribution in [-0.4, -0.2) is 62.3 Å². The molecule has 0 aliphatic carbocycles. The third-order valence-electron chi connectivity index (χ3n) is 7.28. The van der Waals surface area contributed by atoms with E-state index in [0.717, 1.165) is 26.3 Å². The summed E-state index contributed by atoms with van der Waals surface area (Å²) in [5, 5.41) is 19.8. The lowest BCUT2D eigenvalue weighted by atomic mass is 9.87. The molecule has 0 bridgehead atoms. The molecule has 2 N–H and O–H groups in total. The zero-order valence-electron chi connectivity index (χ0n) is 24.9. The van der Waals surface area contributed by atoms with Gasteiger partial charge >= 0.3 is 5.97 Å². The monoisotopic (exact) mass is 646 g/mol. The van der Waals surface area contributed by atoms with Crippen LogP contribution in [0.1, 0.15) is 47.7 Å². The number of aliphatic carboxylic acids is 1. The van der Waals surface area contributed by atoms with Crippen LogP contribution in [0.25, 0.3) is 20.2 Å². The molecule has 12 heteroatoms. The topological polar surface area (TPSA) is 129 Å². The summed E-state index contributed by atoms with van der Waals surface area (Å²) in [6.07, 6.45) is 2.00. The summed E-state index contributed by atoms with van der Waals surface area (Å²) in [7, 11) is 2.96. The highest BCUT2D eigenvalue weighted by Crippen LogP contribution is 2.41. The summed E-state index contributed by atoms with van der Waals surface area (Å²) in [5.41, 5.74) is -1.20. The van der Waals surface area contributed by atoms with Gasteiger partial charge in [-0.15, -0.1) is 22.7 Å². The van der Waals surface area contributed by atoms with Gasteiger partial charge in [0.05, 0.1) is 50.3 Å². The number of carboxylic acids is 1. The molecule has 0 amide bonds. The van der Waals surface area contributed by atoms with Crippen molar-refractivity contribution in [1.29, 1.82) is 0 Å². The lowest BCUT2D eigenvalue weighted by molar-refractivity contribution is -0.141. The molecule has 2 aromatic heterocycles. The molecule has 2 aromatic carbocycles. The number of ether oxygens (including phenoxy) is 4. The maximum atomic E-state index is 15.5. The molecule has 0 saturated heterocycles. The van der Waals surface area contributed by atoms with E-state index in [9.17, 15) is 19.5 Å². The number of carbonyl (C=O) groups is 3. The number of carbonyl (C=O) groups excluding carboxylic acids is 2. The van der Waals surface area contributed by atoms with Gasteiger partial charge in [0, 0.05) is 44.6 Å². The van der Waals surface area contributed by atoms with Crippen LogP contribution in [0.2, 0.25) is 0 Å². The summed E-state index contributed by atoms with van der Waals surface area (Å²) in [6.45, 7) is 3.11. The Labute approximate surface area is 262 Å². The van der Waals surface area contributed by atoms with Crippen LogP contribution in [0.4, 0.5) is 4.39 Å². The number of thiophene rings is 2. The number of halogens is 1. The summed E-state index contributed by atoms with van der Waals surface area (Å²) in [6, 6.07) is 8.86. The van der Waals surface area contributed by atoms with Crippen molar-refractivity contribution in [3.05, 3.63) is 45.9 Å². The van der Waals surface area contributed by atoms with Crippen LogP contribution in [-0.2, 0) is 16.0 Å². The lowest BCUT2D eigenvalue weighted by Gasteiger charge is -2.17. The van der Waals surface area contributed by atoms with Gasteiger partial charge in [0.15, 0.2) is 34.6 Å². The number of ketones is 1. The number of aldehydes is 1. The molecule has 44 heavy (non-hydrogen) atoms. The van der Waals surface area contributed by atoms with Gasteiger partial charge in [0.25, 0.3) is 0 Å². The SMILES string of the molecule is COc1cc2sc(CC[C@H](C)C(=O)O)cc2cc1OCCCOc1c(OC)cc2sc(C(=O)C[C@](C)(C=O)CO)cc2c1F. The maximum absolute atomic E-state index is 15.5. The molecule has 0 spiro atoms. The second-order valence-corrected chi connectivity index (χ2v) is 13.1. The Morgan fingerprint density at radius 2 is 1.70 bits per heavy atom. The number of aryl methyl sites for hydroxylation is 1. The molecule has 4 rings (SSSR count). The molecular formula is C32H35FO9S2. The van der Waals surface area contributed by atoms with E-state index in [1.54, 1.807) is 31.4 Å². The van der Waals surface area contributed by atoms with Gasteiger partial charge in [-0.2, -0.15) is 0 Å². The predicted octanol–water partition coefficient (Wildman–Crippen LogP) is 6.54. The lowest BCUT2D eigenvalue weighted by Crippen LogP contribution is -2.26. The van der Waals surface area contributed by atoms with E-state index in [1.165, 1.54) is 20.1 Å². The number of Topliss-reactive ketones (excluding diaryl/α,β-unsaturated/α-hetero) is 1. The van der Waals surface area contributed by atoms with Crippen LogP contribution < -0.4 is 18.9 Å². The van der Waals surface area contributed by atoms with Gasteiger partial charge in [-0.3, -0.25) is 9.59 Å². The van der Waals surface area contributed by atoms with E-state index in [2.05, 4.69) is 0 Å². The van der Waals surface area contributed by atoms with Crippen molar-refractivity contribution in [2.75, 3.05) is 34.0 Å². The molecule has 9 nitrogen and oxygen atoms in total. The van der Waals surface area contributed by atoms with Gasteiger partial charge in [-0.05, 0) is 36.4 Å². The standard InChI is InChI=1S/C32H35FO9S2/c1-18(31(37)38)6-7-20-10-19-11-24(23(39-3)13-26(19)43-20)41-8-5-9-42-30-25(40-4)14-27-21(29(30)33)12-28(44-27)22(36)15-32(2,16-34)17-35/h10-14,16,18,35H,5-9,15,17H2,1-4H3,(H,37,38)/t18-,32+/m0/s1. The van der Waals surface area contributed by atoms with Gasteiger partial charge in [-0.1, -0.05) is 13.8 Å². The predicted molar refractivity (Wildman–Crippen MR) is 168 cm³/mol. The molecule has 2 heterocycles. The molecule has 0 aliphatic rings. The molecule has 0 fully saturated rings. The van der Waals surface area contributed by atoms with Crippen LogP contribution in [0.5, 0.6) is 23.0 Å². The molecule has 236 valence electrons. The summed E-state index contributed by atoms with van der Waals surface area (Å²) < 4.78 is 39.7. The van der Waals surface area contributed by atoms with E-state index in [0.29, 0.717) is 41.7 Å². The van der Waals surface area contributed by atoms with Crippen LogP contribution in [0.3, 0.4) is 0 Å². The molecule has 4 aromatic rings. The first-order valence-corrected chi connectivity index (χ1v) is 15.6. The molecule has 0 unspecified atom stereocenters. The van der Waals surface area contributed by atoms with Crippen LogP contribution in [0, 0.1) is 17.2 Å². The minimum atomic E-state index is -1.20. The fourth-order valence-corrected chi connectivity index (χ4v) is 6.62. The molecular weight excluding hydrogens is 611 g/mol. The number of aliphatic hydroxyl groups excluding tert-OH is 1. The van der Waals surface area contributed by atoms with E-state index in [4.69, 9.17) is 24.1 Å². The quantitative estimate of drug-likeness (QED) is 0.0746. The Balaban J connectivity index is 1.40. The first-order chi connectivity index (χ1) is 21.0. The first-order valence-electron chi connectivity index (χ1n) is 14.0. The highest BCUT2D eigenvalue weighted by atomic mass is 32.1. The second-order valence-electron chi connectivity index (χ2n) is 10.9. The van der Waals surface area contributed by atoms with Gasteiger partial charge in [-0.25, -0.2) is 4.39 Å². The number of hydrogen-bond donors (Lipinski definition) is 2. The summed E-state index contributed by atoms with van der Waals surface area (Å²) in [4.78, 5) is 36.6. The molecule has 0 aliphatic heterocycles. The molecule has 0 radical (unpaired) electrons. The Hall–Kier alpha value is -3.74. The van der Waals surface area contributed by atoms with Crippen LogP contribution in [0.15, 0.2) is 30.3 Å². The Bertz CT molecular complexity index is 1660. The summed E-state index contributed by atoms with van der Waals surface area (Å²) in [5.74, 6) is -1.02. The number of fused-ring (bicyclic) bond motifs is 2. The molecule has 0 saturated carbocycles. The third-order valence-corrected chi connectivity index (χ3v) is 9.56. The van der Waals surface area contributed by atoms with Crippen molar-refractivity contribution >= 4 is 60.9 Å². The number of carboxylic acid groups (broad SMARTS) is 1. The Kier molecular flexibility index (Phi) is 10.8. The number of benzene rings is 2. The highest BCUT2D eigenvalue weighted by Gasteiger charge is 2.28. The van der Waals surface area contributed by atoms with Gasteiger partial charge in [0.1, 0.15) is 6.29 Å². The van der Waals surface area contributed by atoms with Crippen molar-refractivity contribution < 1.29 is 47.9 Å². The fraction of sp³-hybridized carbons (Fsp3) is 0.406. The van der Waals surface area contributed by atoms with Crippen molar-refractivity contribution in [3.63, 3.8) is 0 Å². The van der Waals surface area contributed by atoms with Crippen LogP contribution >= 0.6 is 22.7 Å². The van der Waals surface area contributed by atoms with Gasteiger partial charge in [0.2, 0.25) is 0 Å². The minimum absolute atomic E-state index is 0.0769. The van der Waals surface area contributed by atoms with E-state index < -0.39 is 29.7 Å². The molecule has 2 atom stereocenters. The zero-order chi connectivity index (χ0) is 32.0. The Morgan fingerprint density at radius 1 is 1.00 bits per heavy atom. The number of rotatable bonds is 17. The van der Waals surface area contributed by atoms with E-state index in [1.807, 2.05) is 18.2 Å². The number of methoxy groups -OCH3 is 2. The summed E-state index contributed by atoms with van der Waals surface area (Å²) >= 11 is 2.68. The van der Waals surface area contributed by atoms with E-state index in [-0.39, 0.29) is 47.2 Å². The van der Waals surface area contributed by atoms with Crippen molar-refractivity contribution in [2.24, 2.45) is 11.3 Å². The van der Waals surface area contributed by atoms with Crippen molar-refractivity contribution in [2.45, 2.75) is 39.5 Å². The number of hydrogen-bond acceptors (Lipinski definition) is 10. The van der Waals surface area contributed by atoms with Gasteiger partial charge < -0.3 is 34.0 Å². The normalized spacial score (nSPS) is 13.4. The largest absolute Gasteiger partial charge is 0.493 e. The zero-order valence-corrected chi connectivity index (χ0v) is 26.6. The minimum Gasteiger partial charge on any atom is -0.493 e. The first kappa shape index (κ1) is 33.2. The van der Waals surface area contributed by atoms with Crippen molar-refractivity contribution in [1.82, 2.24) is 0 Å². The highest BCUT2D eigenvalue weighted by molar-refractivity contribution is 7.21.